The summed E-state index contributed by atoms with van der Waals surface area (Å²) in [6, 6.07) is 5.23. The third-order valence-corrected chi connectivity index (χ3v) is 2.02. The van der Waals surface area contributed by atoms with Gasteiger partial charge in [-0.25, -0.2) is 4.99 Å². The number of amidine groups is 1. The van der Waals surface area contributed by atoms with E-state index in [0.29, 0.717) is 22.8 Å². The summed E-state index contributed by atoms with van der Waals surface area (Å²) in [5.41, 5.74) is 6.81. The van der Waals surface area contributed by atoms with Gasteiger partial charge in [-0.3, -0.25) is 0 Å². The fourth-order valence-corrected chi connectivity index (χ4v) is 1.13. The number of hydrogen-bond donors (Lipinski definition) is 1. The molecule has 78 valence electrons. The highest BCUT2D eigenvalue weighted by Gasteiger charge is 2.01. The lowest BCUT2D eigenvalue weighted by Crippen LogP contribution is -2.12. The third-order valence-electron chi connectivity index (χ3n) is 1.75. The predicted molar refractivity (Wildman–Crippen MR) is 62.9 cm³/mol. The van der Waals surface area contributed by atoms with Gasteiger partial charge in [0.15, 0.2) is 0 Å². The second kappa shape index (κ2) is 5.28. The molecule has 0 aliphatic rings. The first-order chi connectivity index (χ1) is 7.21. The molecule has 0 aliphatic carbocycles. The van der Waals surface area contributed by atoms with Crippen LogP contribution in [0, 0.1) is 12.3 Å². The molecule has 0 fully saturated rings. The maximum atomic E-state index is 5.51. The molecule has 4 heteroatoms. The fourth-order valence-electron chi connectivity index (χ4n) is 1.07. The molecule has 1 aromatic rings. The predicted octanol–water partition coefficient (Wildman–Crippen LogP) is 1.90. The number of terminal acetylenes is 1. The quantitative estimate of drug-likeness (QED) is 0.368. The van der Waals surface area contributed by atoms with Crippen molar-refractivity contribution in [2.75, 3.05) is 13.0 Å². The number of alkyl halides is 1. The summed E-state index contributed by atoms with van der Waals surface area (Å²) in [5, 5.41) is 0. The molecule has 2 N–H and O–H groups in total. The van der Waals surface area contributed by atoms with Crippen LogP contribution in [0.15, 0.2) is 23.2 Å². The standard InChI is InChI=1S/C11H11ClN2O/c1-3-8-6-9(14-11(13)7-12)4-5-10(8)15-2/h1,4-6H,7H2,2H3,(H2,13,14). The van der Waals surface area contributed by atoms with Crippen LogP contribution in [0.3, 0.4) is 0 Å². The van der Waals surface area contributed by atoms with Gasteiger partial charge in [0, 0.05) is 0 Å². The molecule has 1 rings (SSSR count). The maximum absolute atomic E-state index is 5.51. The molecule has 0 saturated heterocycles. The van der Waals surface area contributed by atoms with Crippen LogP contribution >= 0.6 is 11.6 Å². The number of rotatable bonds is 3. The molecule has 0 radical (unpaired) electrons. The summed E-state index contributed by atoms with van der Waals surface area (Å²) in [4.78, 5) is 4.07. The number of halogens is 1. The van der Waals surface area contributed by atoms with Crippen molar-refractivity contribution in [1.82, 2.24) is 0 Å². The van der Waals surface area contributed by atoms with E-state index in [-0.39, 0.29) is 5.88 Å². The van der Waals surface area contributed by atoms with Crippen molar-refractivity contribution in [2.24, 2.45) is 10.7 Å². The van der Waals surface area contributed by atoms with Crippen LogP contribution in [0.1, 0.15) is 5.56 Å². The van der Waals surface area contributed by atoms with E-state index >= 15 is 0 Å². The van der Waals surface area contributed by atoms with E-state index in [1.807, 2.05) is 0 Å². The molecule has 0 amide bonds. The van der Waals surface area contributed by atoms with Crippen LogP contribution < -0.4 is 10.5 Å². The molecule has 15 heavy (non-hydrogen) atoms. The van der Waals surface area contributed by atoms with Gasteiger partial charge in [0.2, 0.25) is 0 Å². The highest BCUT2D eigenvalue weighted by molar-refractivity contribution is 6.28. The summed E-state index contributed by atoms with van der Waals surface area (Å²) >= 11 is 5.51. The zero-order valence-electron chi connectivity index (χ0n) is 8.33. The van der Waals surface area contributed by atoms with Gasteiger partial charge in [-0.05, 0) is 18.2 Å². The monoisotopic (exact) mass is 222 g/mol. The first-order valence-corrected chi connectivity index (χ1v) is 4.78. The topological polar surface area (TPSA) is 47.6 Å². The molecular formula is C11H11ClN2O. The molecule has 0 aliphatic heterocycles. The van der Waals surface area contributed by atoms with Crippen LogP contribution in [-0.2, 0) is 0 Å². The van der Waals surface area contributed by atoms with Crippen LogP contribution in [-0.4, -0.2) is 18.8 Å². The second-order valence-electron chi connectivity index (χ2n) is 2.77. The van der Waals surface area contributed by atoms with Crippen LogP contribution in [0.25, 0.3) is 0 Å². The molecule has 3 nitrogen and oxygen atoms in total. The van der Waals surface area contributed by atoms with E-state index in [1.165, 1.54) is 0 Å². The summed E-state index contributed by atoms with van der Waals surface area (Å²) in [5.74, 6) is 3.69. The van der Waals surface area contributed by atoms with Gasteiger partial charge in [-0.1, -0.05) is 5.92 Å². The molecule has 0 saturated carbocycles. The molecule has 0 unspecified atom stereocenters. The van der Waals surface area contributed by atoms with Gasteiger partial charge in [0.1, 0.15) is 11.6 Å². The van der Waals surface area contributed by atoms with Crippen LogP contribution in [0.4, 0.5) is 5.69 Å². The van der Waals surface area contributed by atoms with Gasteiger partial charge < -0.3 is 10.5 Å². The highest BCUT2D eigenvalue weighted by atomic mass is 35.5. The van der Waals surface area contributed by atoms with Crippen molar-refractivity contribution in [2.45, 2.75) is 0 Å². The Morgan fingerprint density at radius 1 is 1.67 bits per heavy atom. The summed E-state index contributed by atoms with van der Waals surface area (Å²) < 4.78 is 5.07. The SMILES string of the molecule is C#Cc1cc(N=C(N)CCl)ccc1OC. The average molecular weight is 223 g/mol. The Morgan fingerprint density at radius 2 is 2.40 bits per heavy atom. The van der Waals surface area contributed by atoms with Gasteiger partial charge in [0.25, 0.3) is 0 Å². The second-order valence-corrected chi connectivity index (χ2v) is 3.03. The molecule has 1 aromatic carbocycles. The van der Waals surface area contributed by atoms with E-state index < -0.39 is 0 Å². The molecular weight excluding hydrogens is 212 g/mol. The Kier molecular flexibility index (Phi) is 4.02. The third kappa shape index (κ3) is 2.90. The van der Waals surface area contributed by atoms with E-state index in [4.69, 9.17) is 28.5 Å². The molecule has 0 heterocycles. The number of ether oxygens (including phenoxy) is 1. The van der Waals surface area contributed by atoms with E-state index in [0.717, 1.165) is 0 Å². The van der Waals surface area contributed by atoms with Crippen molar-refractivity contribution in [3.63, 3.8) is 0 Å². The number of benzene rings is 1. The molecule has 0 spiro atoms. The molecule has 0 atom stereocenters. The van der Waals surface area contributed by atoms with Crippen molar-refractivity contribution < 1.29 is 4.74 Å². The minimum absolute atomic E-state index is 0.192. The summed E-state index contributed by atoms with van der Waals surface area (Å²) in [7, 11) is 1.56. The van der Waals surface area contributed by atoms with Crippen LogP contribution in [0.2, 0.25) is 0 Å². The zero-order valence-corrected chi connectivity index (χ0v) is 9.08. The smallest absolute Gasteiger partial charge is 0.134 e. The van der Waals surface area contributed by atoms with Crippen molar-refractivity contribution in [1.29, 1.82) is 0 Å². The van der Waals surface area contributed by atoms with Crippen molar-refractivity contribution in [3.8, 4) is 18.1 Å². The summed E-state index contributed by atoms with van der Waals surface area (Å²) in [6.45, 7) is 0. The Bertz CT molecular complexity index is 421. The Morgan fingerprint density at radius 3 is 2.93 bits per heavy atom. The summed E-state index contributed by atoms with van der Waals surface area (Å²) in [6.07, 6.45) is 5.32. The minimum atomic E-state index is 0.192. The van der Waals surface area contributed by atoms with Crippen molar-refractivity contribution in [3.05, 3.63) is 23.8 Å². The highest BCUT2D eigenvalue weighted by Crippen LogP contribution is 2.23. The number of nitrogens with two attached hydrogens (primary N) is 1. The number of hydrogen-bond acceptors (Lipinski definition) is 2. The van der Waals surface area contributed by atoms with Crippen LogP contribution in [0.5, 0.6) is 5.75 Å². The Balaban J connectivity index is 3.10. The fraction of sp³-hybridized carbons (Fsp3) is 0.182. The number of aliphatic imine (C=N–C) groups is 1. The van der Waals surface area contributed by atoms with Gasteiger partial charge in [-0.15, -0.1) is 18.0 Å². The normalized spacial score (nSPS) is 10.9. The molecule has 0 aromatic heterocycles. The number of nitrogens with zero attached hydrogens (tertiary/aromatic N) is 1. The lowest BCUT2D eigenvalue weighted by atomic mass is 10.2. The zero-order chi connectivity index (χ0) is 11.3. The lowest BCUT2D eigenvalue weighted by molar-refractivity contribution is 0.413. The molecule has 0 bridgehead atoms. The van der Waals surface area contributed by atoms with Crippen molar-refractivity contribution >= 4 is 23.1 Å². The van der Waals surface area contributed by atoms with E-state index in [1.54, 1.807) is 25.3 Å². The number of methoxy groups -OCH3 is 1. The Hall–Kier alpha value is -1.66. The van der Waals surface area contributed by atoms with Gasteiger partial charge in [0.05, 0.1) is 24.2 Å². The first-order valence-electron chi connectivity index (χ1n) is 4.25. The largest absolute Gasteiger partial charge is 0.495 e. The van der Waals surface area contributed by atoms with E-state index in [2.05, 4.69) is 10.9 Å². The average Bonchev–Trinajstić information content (AvgIpc) is 2.28. The van der Waals surface area contributed by atoms with Gasteiger partial charge >= 0.3 is 0 Å². The minimum Gasteiger partial charge on any atom is -0.495 e. The first kappa shape index (κ1) is 11.4. The lowest BCUT2D eigenvalue weighted by Gasteiger charge is -2.04. The Labute approximate surface area is 93.9 Å². The van der Waals surface area contributed by atoms with E-state index in [9.17, 15) is 0 Å². The maximum Gasteiger partial charge on any atom is 0.134 e. The van der Waals surface area contributed by atoms with Gasteiger partial charge in [-0.2, -0.15) is 0 Å².